The van der Waals surface area contributed by atoms with Gasteiger partial charge in [0.1, 0.15) is 42.2 Å². The smallest absolute Gasteiger partial charge is 0.326 e. The van der Waals surface area contributed by atoms with Crippen LogP contribution in [0.5, 0.6) is 0 Å². The number of hydrogen-bond acceptors (Lipinski definition) is 19. The summed E-state index contributed by atoms with van der Waals surface area (Å²) in [7, 11) is 1.61. The number of benzene rings is 1. The first kappa shape index (κ1) is 66.7. The van der Waals surface area contributed by atoms with Gasteiger partial charge in [0.15, 0.2) is 5.79 Å². The molecular weight excluding hydrogens is 1120 g/mol. The third kappa shape index (κ3) is 16.1. The van der Waals surface area contributed by atoms with Crippen LogP contribution >= 0.6 is 0 Å². The standard InChI is InChI=1S/C64H96N6O17/c1-9-20-63(10-2,62(78)80-32-38-11-13-39(14-12-38)69-61(77)46(27-55(66)74)70-60(76)37(7)68-59(75)36(6)65)67-31-41(72)26-52-56(79-8)45-25-40(71)24-43-16-18-49-58(83-43)54-29-53(84-49)57-47(73)30-64(86-54,87-57)21-19-44-23-34(4)48(81-44)17-15-42-22-33(3)35(5)50(82-42)28-51(45)85-52/h11-14,33,36-37,41-54,56-58,67,72-73H,4-5,9-10,15-32,65H2,1-3,6-8H3,(H2,66,74)(H,68,75)(H,69,77)(H,70,76)/t33-,36?,37+,41?,42+,43?,44?,45?,46?,47-,48?,49+,50?,51+,52-,53?,54?,56-,57?,58+,63?,64-/m1/s1. The Morgan fingerprint density at radius 2 is 1.55 bits per heavy atom. The number of anilines is 1. The number of β-amino-alcohol motifs (C(OH)–C–C–N with tert-alkyl or cyclic N) is 1. The molecule has 0 aromatic heterocycles. The maximum absolute atomic E-state index is 14.6. The number of methoxy groups -OCH3 is 1. The summed E-state index contributed by atoms with van der Waals surface area (Å²) in [5.74, 6) is -4.62. The van der Waals surface area contributed by atoms with E-state index in [0.29, 0.717) is 75.5 Å². The summed E-state index contributed by atoms with van der Waals surface area (Å²) in [5, 5.41) is 34.2. The van der Waals surface area contributed by atoms with Gasteiger partial charge in [0.2, 0.25) is 23.6 Å². The van der Waals surface area contributed by atoms with Crippen LogP contribution in [0.15, 0.2) is 48.6 Å². The van der Waals surface area contributed by atoms with E-state index in [9.17, 15) is 39.0 Å². The number of esters is 1. The lowest BCUT2D eigenvalue weighted by molar-refractivity contribution is -0.277. The Bertz CT molecular complexity index is 2630. The van der Waals surface area contributed by atoms with Crippen molar-refractivity contribution in [2.75, 3.05) is 19.0 Å². The van der Waals surface area contributed by atoms with Gasteiger partial charge in [0, 0.05) is 70.2 Å². The van der Waals surface area contributed by atoms with Crippen LogP contribution in [-0.2, 0) is 78.0 Å². The van der Waals surface area contributed by atoms with Crippen molar-refractivity contribution < 1.29 is 81.6 Å². The van der Waals surface area contributed by atoms with Gasteiger partial charge >= 0.3 is 5.97 Å². The van der Waals surface area contributed by atoms with Crippen LogP contribution in [-0.4, -0.2) is 180 Å². The van der Waals surface area contributed by atoms with Crippen molar-refractivity contribution in [3.8, 4) is 0 Å². The Morgan fingerprint density at radius 1 is 0.816 bits per heavy atom. The minimum atomic E-state index is -1.35. The predicted molar refractivity (Wildman–Crippen MR) is 317 cm³/mol. The first-order chi connectivity index (χ1) is 41.5. The Balaban J connectivity index is 0.846. The van der Waals surface area contributed by atoms with Gasteiger partial charge in [0.05, 0.1) is 91.8 Å². The summed E-state index contributed by atoms with van der Waals surface area (Å²) in [6, 6.07) is 3.19. The second kappa shape index (κ2) is 29.0. The minimum Gasteiger partial charge on any atom is -0.459 e. The van der Waals surface area contributed by atoms with Crippen LogP contribution in [0.2, 0.25) is 0 Å². The summed E-state index contributed by atoms with van der Waals surface area (Å²) < 4.78 is 59.9. The molecule has 8 aliphatic rings. The van der Waals surface area contributed by atoms with Gasteiger partial charge in [-0.2, -0.15) is 0 Å². The number of Topliss-reactive ketones (excluding diaryl/α,β-unsaturated/α-hetero) is 1. The molecule has 10 N–H and O–H groups in total. The van der Waals surface area contributed by atoms with Crippen LogP contribution < -0.4 is 32.7 Å². The monoisotopic (exact) mass is 1220 g/mol. The molecule has 0 radical (unpaired) electrons. The number of aliphatic hydroxyl groups excluding tert-OH is 2. The predicted octanol–water partition coefficient (Wildman–Crippen LogP) is 3.90. The summed E-state index contributed by atoms with van der Waals surface area (Å²) in [6.45, 7) is 17.8. The number of ether oxygens (including phenoxy) is 9. The van der Waals surface area contributed by atoms with E-state index in [-0.39, 0.29) is 92.9 Å². The summed E-state index contributed by atoms with van der Waals surface area (Å²) in [5.41, 5.74) is 12.8. The number of ketones is 1. The lowest BCUT2D eigenvalue weighted by Gasteiger charge is -2.47. The zero-order valence-corrected chi connectivity index (χ0v) is 51.6. The average molecular weight is 1220 g/mol. The second-order valence-corrected chi connectivity index (χ2v) is 26.1. The molecule has 87 heavy (non-hydrogen) atoms. The minimum absolute atomic E-state index is 0.00692. The molecule has 1 aromatic rings. The second-order valence-electron chi connectivity index (χ2n) is 26.1. The molecular formula is C64H96N6O17. The molecule has 23 nitrogen and oxygen atoms in total. The summed E-state index contributed by atoms with van der Waals surface area (Å²) in [4.78, 5) is 78.7. The fraction of sp³-hybridized carbons (Fsp3) is 0.750. The number of nitrogens with two attached hydrogens (primary N) is 2. The highest BCUT2D eigenvalue weighted by Gasteiger charge is 2.60. The van der Waals surface area contributed by atoms with Crippen molar-refractivity contribution in [1.29, 1.82) is 0 Å². The zero-order valence-electron chi connectivity index (χ0n) is 51.6. The van der Waals surface area contributed by atoms with Crippen LogP contribution in [0.1, 0.15) is 156 Å². The molecule has 0 saturated carbocycles. The van der Waals surface area contributed by atoms with Crippen LogP contribution in [0.4, 0.5) is 5.69 Å². The number of hydrogen-bond donors (Lipinski definition) is 8. The van der Waals surface area contributed by atoms with Crippen LogP contribution in [0.25, 0.3) is 0 Å². The molecule has 484 valence electrons. The lowest BCUT2D eigenvalue weighted by Crippen LogP contribution is -2.58. The van der Waals surface area contributed by atoms with Crippen LogP contribution in [0.3, 0.4) is 0 Å². The highest BCUT2D eigenvalue weighted by Crippen LogP contribution is 2.49. The molecule has 8 saturated heterocycles. The fourth-order valence-corrected chi connectivity index (χ4v) is 14.6. The van der Waals surface area contributed by atoms with Gasteiger partial charge in [-0.05, 0) is 106 Å². The number of aliphatic hydroxyl groups is 2. The Kier molecular flexibility index (Phi) is 22.2. The van der Waals surface area contributed by atoms with Crippen LogP contribution in [0, 0.1) is 11.8 Å². The zero-order chi connectivity index (χ0) is 62.5. The SMILES string of the molecule is C=C1CC2CC[C@]34C[C@@H](O)C(O3)C3CC(O4)[C@H]4OC(CC[C@@H]4O3)CC(=O)CC3[C@H](CC4O[C@@H](CCC1O2)C[C@@H](C)C4=C)O[C@H](CC(O)CNC(CC)(CCC)C(=O)OCc1ccc(NC(=O)C(CC(N)=O)NC(=O)[C@H](C)NC(=O)C(C)N)cc1)[C@@H]3OC. The first-order valence-corrected chi connectivity index (χ1v) is 31.8. The van der Waals surface area contributed by atoms with Gasteiger partial charge in [-0.1, -0.05) is 52.5 Å². The van der Waals surface area contributed by atoms with Gasteiger partial charge in [0.25, 0.3) is 0 Å². The van der Waals surface area contributed by atoms with E-state index in [1.807, 2.05) is 13.8 Å². The van der Waals surface area contributed by atoms with Gasteiger partial charge in [-0.3, -0.25) is 34.1 Å². The molecule has 8 aliphatic heterocycles. The number of fused-ring (bicyclic) bond motifs is 9. The lowest BCUT2D eigenvalue weighted by atomic mass is 9.81. The Morgan fingerprint density at radius 3 is 2.26 bits per heavy atom. The van der Waals surface area contributed by atoms with E-state index in [4.69, 9.17) is 54.1 Å². The molecule has 8 fully saturated rings. The van der Waals surface area contributed by atoms with Crippen molar-refractivity contribution >= 4 is 41.1 Å². The van der Waals surface area contributed by atoms with E-state index in [2.05, 4.69) is 41.3 Å². The van der Waals surface area contributed by atoms with Crippen molar-refractivity contribution in [2.45, 2.75) is 278 Å². The molecule has 22 atom stereocenters. The molecule has 1 spiro atoms. The van der Waals surface area contributed by atoms with E-state index in [1.165, 1.54) is 13.8 Å². The largest absolute Gasteiger partial charge is 0.459 e. The number of amides is 4. The molecule has 1 aromatic carbocycles. The number of nitrogens with one attached hydrogen (secondary N) is 4. The molecule has 23 heteroatoms. The third-order valence-corrected chi connectivity index (χ3v) is 19.5. The number of carbonyl (C=O) groups is 6. The summed E-state index contributed by atoms with van der Waals surface area (Å²) >= 11 is 0. The molecule has 12 unspecified atom stereocenters. The van der Waals surface area contributed by atoms with E-state index >= 15 is 0 Å². The van der Waals surface area contributed by atoms with Crippen molar-refractivity contribution in [3.05, 3.63) is 54.1 Å². The van der Waals surface area contributed by atoms with Crippen molar-refractivity contribution in [1.82, 2.24) is 16.0 Å². The highest BCUT2D eigenvalue weighted by atomic mass is 16.7. The van der Waals surface area contributed by atoms with Crippen molar-refractivity contribution in [2.24, 2.45) is 23.3 Å². The maximum atomic E-state index is 14.6. The molecule has 4 amide bonds. The normalized spacial score (nSPS) is 36.4. The Hall–Kier alpha value is -4.76. The molecule has 0 aliphatic carbocycles. The quantitative estimate of drug-likeness (QED) is 0.0678. The van der Waals surface area contributed by atoms with Gasteiger partial charge < -0.3 is 80.3 Å². The highest BCUT2D eigenvalue weighted by molar-refractivity contribution is 6.00. The fourth-order valence-electron chi connectivity index (χ4n) is 14.6. The number of primary amides is 1. The summed E-state index contributed by atoms with van der Waals surface area (Å²) in [6.07, 6.45) is 1.81. The van der Waals surface area contributed by atoms with E-state index in [1.54, 1.807) is 31.4 Å². The first-order valence-electron chi connectivity index (χ1n) is 31.8. The molecule has 8 heterocycles. The van der Waals surface area contributed by atoms with Gasteiger partial charge in [-0.15, -0.1) is 0 Å². The topological polar surface area (TPSA) is 326 Å². The van der Waals surface area contributed by atoms with E-state index < -0.39 is 114 Å². The van der Waals surface area contributed by atoms with E-state index in [0.717, 1.165) is 36.8 Å². The average Bonchev–Trinajstić information content (AvgIpc) is 1.76. The maximum Gasteiger partial charge on any atom is 0.326 e. The number of rotatable bonds is 20. The molecule has 10 bridgehead atoms. The van der Waals surface area contributed by atoms with Crippen molar-refractivity contribution in [3.63, 3.8) is 0 Å². The Labute approximate surface area is 511 Å². The third-order valence-electron chi connectivity index (χ3n) is 19.5. The molecule has 9 rings (SSSR count). The number of carbonyl (C=O) groups excluding carboxylic acids is 6. The van der Waals surface area contributed by atoms with Gasteiger partial charge in [-0.25, -0.2) is 0 Å².